The molecule has 3 unspecified atom stereocenters. The Bertz CT molecular complexity index is 334. The van der Waals surface area contributed by atoms with Crippen molar-refractivity contribution in [3.8, 4) is 0 Å². The summed E-state index contributed by atoms with van der Waals surface area (Å²) in [7, 11) is 2.01. The number of nitrogens with zero attached hydrogens (tertiary/aromatic N) is 1. The van der Waals surface area contributed by atoms with Crippen LogP contribution in [-0.4, -0.2) is 29.9 Å². The van der Waals surface area contributed by atoms with E-state index in [1.165, 1.54) is 25.7 Å². The van der Waals surface area contributed by atoms with E-state index in [1.807, 2.05) is 11.9 Å². The van der Waals surface area contributed by atoms with Crippen molar-refractivity contribution in [2.45, 2.75) is 71.4 Å². The molecule has 0 aliphatic heterocycles. The molecule has 2 aliphatic rings. The third-order valence-electron chi connectivity index (χ3n) is 6.02. The van der Waals surface area contributed by atoms with Crippen molar-refractivity contribution in [3.05, 3.63) is 0 Å². The fraction of sp³-hybridized carbons (Fsp3) is 0.938. The van der Waals surface area contributed by atoms with Crippen molar-refractivity contribution in [2.24, 2.45) is 23.0 Å². The minimum atomic E-state index is 0.0155. The molecule has 0 aromatic rings. The standard InChI is InChI=1S/C16H30N2O/c1-11-14(17)10-9-13(16(11,2)3)15(19)18(4)12-7-5-6-8-12/h11-14H,5-10,17H2,1-4H3. The lowest BCUT2D eigenvalue weighted by Crippen LogP contribution is -2.53. The Balaban J connectivity index is 2.09. The zero-order chi connectivity index (χ0) is 14.2. The Kier molecular flexibility index (Phi) is 4.24. The largest absolute Gasteiger partial charge is 0.343 e. The second-order valence-corrected chi connectivity index (χ2v) is 7.29. The first-order valence-corrected chi connectivity index (χ1v) is 7.88. The van der Waals surface area contributed by atoms with Gasteiger partial charge in [-0.1, -0.05) is 33.6 Å². The average molecular weight is 266 g/mol. The average Bonchev–Trinajstić information content (AvgIpc) is 2.88. The fourth-order valence-electron chi connectivity index (χ4n) is 4.01. The number of nitrogens with two attached hydrogens (primary N) is 1. The monoisotopic (exact) mass is 266 g/mol. The van der Waals surface area contributed by atoms with Gasteiger partial charge in [0.1, 0.15) is 0 Å². The van der Waals surface area contributed by atoms with Crippen molar-refractivity contribution >= 4 is 5.91 Å². The van der Waals surface area contributed by atoms with Crippen LogP contribution in [-0.2, 0) is 4.79 Å². The highest BCUT2D eigenvalue weighted by atomic mass is 16.2. The molecule has 0 aromatic heterocycles. The maximum absolute atomic E-state index is 12.8. The zero-order valence-electron chi connectivity index (χ0n) is 13.0. The maximum Gasteiger partial charge on any atom is 0.226 e. The first-order chi connectivity index (χ1) is 8.85. The second kappa shape index (κ2) is 5.43. The van der Waals surface area contributed by atoms with Crippen LogP contribution in [0.2, 0.25) is 0 Å². The van der Waals surface area contributed by atoms with E-state index in [0.29, 0.717) is 17.9 Å². The number of hydrogen-bond donors (Lipinski definition) is 1. The van der Waals surface area contributed by atoms with Gasteiger partial charge in [0.05, 0.1) is 0 Å². The van der Waals surface area contributed by atoms with Gasteiger partial charge in [0.2, 0.25) is 5.91 Å². The minimum absolute atomic E-state index is 0.0155. The summed E-state index contributed by atoms with van der Waals surface area (Å²) in [5.41, 5.74) is 6.21. The fourth-order valence-corrected chi connectivity index (χ4v) is 4.01. The Morgan fingerprint density at radius 3 is 2.32 bits per heavy atom. The predicted octanol–water partition coefficient (Wildman–Crippen LogP) is 2.79. The maximum atomic E-state index is 12.8. The Morgan fingerprint density at radius 1 is 1.16 bits per heavy atom. The molecule has 2 saturated carbocycles. The van der Waals surface area contributed by atoms with E-state index in [-0.39, 0.29) is 17.4 Å². The van der Waals surface area contributed by atoms with E-state index in [2.05, 4.69) is 20.8 Å². The van der Waals surface area contributed by atoms with Crippen LogP contribution in [0.25, 0.3) is 0 Å². The van der Waals surface area contributed by atoms with E-state index in [9.17, 15) is 4.79 Å². The summed E-state index contributed by atoms with van der Waals surface area (Å²) in [6, 6.07) is 0.727. The molecule has 0 radical (unpaired) electrons. The minimum Gasteiger partial charge on any atom is -0.343 e. The Hall–Kier alpha value is -0.570. The van der Waals surface area contributed by atoms with Crippen molar-refractivity contribution in [1.29, 1.82) is 0 Å². The van der Waals surface area contributed by atoms with Crippen LogP contribution in [0.1, 0.15) is 59.3 Å². The number of rotatable bonds is 2. The molecule has 2 rings (SSSR count). The van der Waals surface area contributed by atoms with Crippen LogP contribution in [0.3, 0.4) is 0 Å². The summed E-state index contributed by atoms with van der Waals surface area (Å²) in [4.78, 5) is 14.9. The topological polar surface area (TPSA) is 46.3 Å². The molecule has 2 aliphatic carbocycles. The van der Waals surface area contributed by atoms with Gasteiger partial charge in [0.15, 0.2) is 0 Å². The van der Waals surface area contributed by atoms with E-state index in [1.54, 1.807) is 0 Å². The SMILES string of the molecule is CC1C(N)CCC(C(=O)N(C)C2CCCC2)C1(C)C. The molecule has 0 bridgehead atoms. The van der Waals surface area contributed by atoms with Crippen molar-refractivity contribution < 1.29 is 4.79 Å². The molecule has 0 aromatic carbocycles. The highest BCUT2D eigenvalue weighted by molar-refractivity contribution is 5.80. The normalized spacial score (nSPS) is 35.3. The van der Waals surface area contributed by atoms with E-state index in [0.717, 1.165) is 12.8 Å². The zero-order valence-corrected chi connectivity index (χ0v) is 13.0. The third kappa shape index (κ3) is 2.67. The van der Waals surface area contributed by atoms with Gasteiger partial charge in [0, 0.05) is 25.0 Å². The summed E-state index contributed by atoms with van der Waals surface area (Å²) < 4.78 is 0. The van der Waals surface area contributed by atoms with Gasteiger partial charge in [-0.25, -0.2) is 0 Å². The summed E-state index contributed by atoms with van der Waals surface area (Å²) in [5, 5.41) is 0. The van der Waals surface area contributed by atoms with Crippen molar-refractivity contribution in [2.75, 3.05) is 7.05 Å². The molecule has 1 amide bonds. The van der Waals surface area contributed by atoms with Gasteiger partial charge in [-0.3, -0.25) is 4.79 Å². The molecule has 3 atom stereocenters. The summed E-state index contributed by atoms with van der Waals surface area (Å²) >= 11 is 0. The van der Waals surface area contributed by atoms with Crippen molar-refractivity contribution in [1.82, 2.24) is 4.90 Å². The summed E-state index contributed by atoms with van der Waals surface area (Å²) in [6.45, 7) is 6.66. The number of carbonyl (C=O) groups excluding carboxylic acids is 1. The smallest absolute Gasteiger partial charge is 0.226 e. The third-order valence-corrected chi connectivity index (χ3v) is 6.02. The molecule has 2 N–H and O–H groups in total. The van der Waals surface area contributed by atoms with E-state index in [4.69, 9.17) is 5.73 Å². The van der Waals surface area contributed by atoms with E-state index >= 15 is 0 Å². The van der Waals surface area contributed by atoms with Crippen LogP contribution < -0.4 is 5.73 Å². The van der Waals surface area contributed by atoms with Crippen LogP contribution in [0.5, 0.6) is 0 Å². The Morgan fingerprint density at radius 2 is 1.74 bits per heavy atom. The molecule has 2 fully saturated rings. The quantitative estimate of drug-likeness (QED) is 0.835. The van der Waals surface area contributed by atoms with Crippen LogP contribution in [0.15, 0.2) is 0 Å². The second-order valence-electron chi connectivity index (χ2n) is 7.29. The van der Waals surface area contributed by atoms with Gasteiger partial charge in [-0.15, -0.1) is 0 Å². The van der Waals surface area contributed by atoms with Gasteiger partial charge >= 0.3 is 0 Å². The van der Waals surface area contributed by atoms with Crippen LogP contribution in [0.4, 0.5) is 0 Å². The number of amides is 1. The summed E-state index contributed by atoms with van der Waals surface area (Å²) in [5.74, 6) is 0.913. The molecule has 0 saturated heterocycles. The number of carbonyl (C=O) groups is 1. The lowest BCUT2D eigenvalue weighted by Gasteiger charge is -2.47. The molecule has 19 heavy (non-hydrogen) atoms. The molecule has 0 spiro atoms. The van der Waals surface area contributed by atoms with E-state index < -0.39 is 0 Å². The van der Waals surface area contributed by atoms with Crippen LogP contribution >= 0.6 is 0 Å². The highest BCUT2D eigenvalue weighted by Gasteiger charge is 2.46. The summed E-state index contributed by atoms with van der Waals surface area (Å²) in [6.07, 6.45) is 6.86. The predicted molar refractivity (Wildman–Crippen MR) is 78.7 cm³/mol. The molecular weight excluding hydrogens is 236 g/mol. The lowest BCUT2D eigenvalue weighted by molar-refractivity contribution is -0.144. The lowest BCUT2D eigenvalue weighted by atomic mass is 9.60. The number of hydrogen-bond acceptors (Lipinski definition) is 2. The molecule has 3 nitrogen and oxygen atoms in total. The van der Waals surface area contributed by atoms with Gasteiger partial charge in [-0.05, 0) is 37.0 Å². The van der Waals surface area contributed by atoms with Gasteiger partial charge in [-0.2, -0.15) is 0 Å². The molecular formula is C16H30N2O. The molecule has 110 valence electrons. The highest BCUT2D eigenvalue weighted by Crippen LogP contribution is 2.45. The van der Waals surface area contributed by atoms with Gasteiger partial charge < -0.3 is 10.6 Å². The van der Waals surface area contributed by atoms with Gasteiger partial charge in [0.25, 0.3) is 0 Å². The van der Waals surface area contributed by atoms with Crippen LogP contribution in [0, 0.1) is 17.3 Å². The Labute approximate surface area is 117 Å². The molecule has 0 heterocycles. The molecule has 3 heteroatoms. The first kappa shape index (κ1) is 14.8. The van der Waals surface area contributed by atoms with Crippen molar-refractivity contribution in [3.63, 3.8) is 0 Å². The first-order valence-electron chi connectivity index (χ1n) is 7.88.